The van der Waals surface area contributed by atoms with Crippen molar-refractivity contribution in [3.63, 3.8) is 0 Å². The maximum Gasteiger partial charge on any atom is 0.142 e. The molecule has 0 N–H and O–H groups in total. The number of unbranched alkanes of at least 4 members (excludes halogenated alkanes) is 1. The van der Waals surface area contributed by atoms with Crippen molar-refractivity contribution < 1.29 is 17.6 Å². The Labute approximate surface area is 172 Å². The fourth-order valence-corrected chi connectivity index (χ4v) is 3.01. The van der Waals surface area contributed by atoms with E-state index in [9.17, 15) is 17.6 Å². The molecule has 0 atom stereocenters. The maximum atomic E-state index is 14.5. The van der Waals surface area contributed by atoms with E-state index in [-0.39, 0.29) is 21.7 Å². The van der Waals surface area contributed by atoms with Gasteiger partial charge < -0.3 is 0 Å². The second-order valence-corrected chi connectivity index (χ2v) is 7.02. The summed E-state index contributed by atoms with van der Waals surface area (Å²) in [6, 6.07) is 10.6. The summed E-state index contributed by atoms with van der Waals surface area (Å²) < 4.78 is 56.5. The third-order valence-corrected chi connectivity index (χ3v) is 4.76. The molecule has 0 bridgehead atoms. The average molecular weight is 417 g/mol. The van der Waals surface area contributed by atoms with Crippen molar-refractivity contribution in [3.8, 4) is 23.0 Å². The largest absolute Gasteiger partial charge is 0.206 e. The van der Waals surface area contributed by atoms with Crippen LogP contribution in [-0.4, -0.2) is 0 Å². The molecule has 3 aromatic rings. The van der Waals surface area contributed by atoms with Gasteiger partial charge in [0.2, 0.25) is 0 Å². The number of hydrogen-bond acceptors (Lipinski definition) is 0. The van der Waals surface area contributed by atoms with Crippen LogP contribution in [-0.2, 0) is 6.42 Å². The van der Waals surface area contributed by atoms with Crippen LogP contribution in [0.25, 0.3) is 11.1 Å². The van der Waals surface area contributed by atoms with Crippen LogP contribution in [0.1, 0.15) is 36.5 Å². The first kappa shape index (κ1) is 21.0. The van der Waals surface area contributed by atoms with E-state index in [0.717, 1.165) is 25.0 Å². The van der Waals surface area contributed by atoms with Crippen LogP contribution in [0.2, 0.25) is 5.02 Å². The first-order chi connectivity index (χ1) is 13.9. The molecule has 0 aliphatic rings. The van der Waals surface area contributed by atoms with Crippen LogP contribution in [0.3, 0.4) is 0 Å². The zero-order valence-electron chi connectivity index (χ0n) is 15.6. The average Bonchev–Trinajstić information content (AvgIpc) is 2.68. The molecule has 0 heterocycles. The predicted molar refractivity (Wildman–Crippen MR) is 108 cm³/mol. The fraction of sp³-hybridized carbons (Fsp3) is 0.167. The number of hydrogen-bond donors (Lipinski definition) is 0. The van der Waals surface area contributed by atoms with Crippen molar-refractivity contribution in [1.29, 1.82) is 0 Å². The van der Waals surface area contributed by atoms with E-state index in [1.165, 1.54) is 36.4 Å². The van der Waals surface area contributed by atoms with Gasteiger partial charge in [0.1, 0.15) is 23.3 Å². The van der Waals surface area contributed by atoms with Gasteiger partial charge in [-0.2, -0.15) is 0 Å². The zero-order chi connectivity index (χ0) is 21.0. The number of halogens is 5. The van der Waals surface area contributed by atoms with Gasteiger partial charge in [-0.1, -0.05) is 48.9 Å². The molecule has 3 rings (SSSR count). The van der Waals surface area contributed by atoms with Gasteiger partial charge in [-0.05, 0) is 60.4 Å². The van der Waals surface area contributed by atoms with Gasteiger partial charge in [-0.15, -0.1) is 0 Å². The minimum Gasteiger partial charge on any atom is -0.206 e. The Morgan fingerprint density at radius 3 is 2.14 bits per heavy atom. The molecule has 0 aliphatic carbocycles. The molecule has 0 nitrogen and oxygen atoms in total. The molecule has 0 amide bonds. The van der Waals surface area contributed by atoms with Gasteiger partial charge >= 0.3 is 0 Å². The number of rotatable bonds is 4. The van der Waals surface area contributed by atoms with Crippen molar-refractivity contribution in [2.24, 2.45) is 0 Å². The summed E-state index contributed by atoms with van der Waals surface area (Å²) in [6.07, 6.45) is 2.36. The Kier molecular flexibility index (Phi) is 6.61. The second kappa shape index (κ2) is 9.15. The molecule has 0 saturated carbocycles. The van der Waals surface area contributed by atoms with Crippen LogP contribution in [0, 0.1) is 35.1 Å². The highest BCUT2D eigenvalue weighted by molar-refractivity contribution is 6.30. The van der Waals surface area contributed by atoms with E-state index in [4.69, 9.17) is 11.6 Å². The van der Waals surface area contributed by atoms with E-state index in [1.54, 1.807) is 0 Å². The standard InChI is InChI=1S/C24H17ClF4/c1-2-3-4-16-12-22(27)19(23(28)13-16)9-6-15-5-8-18(21(26)11-15)17-7-10-20(25)24(29)14-17/h5,7-8,10-14H,2-4H2,1H3. The summed E-state index contributed by atoms with van der Waals surface area (Å²) in [7, 11) is 0. The summed E-state index contributed by atoms with van der Waals surface area (Å²) in [5.41, 5.74) is 0.967. The normalized spacial score (nSPS) is 10.6. The Hall–Kier alpha value is -2.77. The van der Waals surface area contributed by atoms with Gasteiger partial charge in [0, 0.05) is 11.1 Å². The molecule has 0 aromatic heterocycles. The van der Waals surface area contributed by atoms with Gasteiger partial charge in [-0.3, -0.25) is 0 Å². The lowest BCUT2D eigenvalue weighted by molar-refractivity contribution is 0.572. The lowest BCUT2D eigenvalue weighted by Crippen LogP contribution is -1.95. The van der Waals surface area contributed by atoms with Gasteiger partial charge in [0.25, 0.3) is 0 Å². The van der Waals surface area contributed by atoms with E-state index < -0.39 is 23.3 Å². The molecule has 0 unspecified atom stereocenters. The van der Waals surface area contributed by atoms with Crippen LogP contribution < -0.4 is 0 Å². The highest BCUT2D eigenvalue weighted by Crippen LogP contribution is 2.27. The smallest absolute Gasteiger partial charge is 0.142 e. The summed E-state index contributed by atoms with van der Waals surface area (Å²) in [5.74, 6) is 2.26. The lowest BCUT2D eigenvalue weighted by Gasteiger charge is -2.05. The molecule has 0 radical (unpaired) electrons. The van der Waals surface area contributed by atoms with Crippen LogP contribution in [0.15, 0.2) is 48.5 Å². The quantitative estimate of drug-likeness (QED) is 0.309. The molecular formula is C24H17ClF4. The number of aryl methyl sites for hydroxylation is 1. The molecule has 0 saturated heterocycles. The molecule has 0 spiro atoms. The topological polar surface area (TPSA) is 0 Å². The highest BCUT2D eigenvalue weighted by atomic mass is 35.5. The van der Waals surface area contributed by atoms with Crippen LogP contribution in [0.4, 0.5) is 17.6 Å². The van der Waals surface area contributed by atoms with E-state index in [2.05, 4.69) is 11.8 Å². The maximum absolute atomic E-state index is 14.5. The van der Waals surface area contributed by atoms with Crippen LogP contribution in [0.5, 0.6) is 0 Å². The zero-order valence-corrected chi connectivity index (χ0v) is 16.4. The Bertz CT molecular complexity index is 1090. The summed E-state index contributed by atoms with van der Waals surface area (Å²) in [5, 5.41) is -0.0542. The van der Waals surface area contributed by atoms with Crippen LogP contribution >= 0.6 is 11.6 Å². The predicted octanol–water partition coefficient (Wildman–Crippen LogP) is 7.31. The third kappa shape index (κ3) is 4.99. The van der Waals surface area contributed by atoms with Gasteiger partial charge in [0.05, 0.1) is 10.6 Å². The van der Waals surface area contributed by atoms with E-state index in [0.29, 0.717) is 17.5 Å². The summed E-state index contributed by atoms with van der Waals surface area (Å²) in [6.45, 7) is 2.00. The fourth-order valence-electron chi connectivity index (χ4n) is 2.90. The SMILES string of the molecule is CCCCc1cc(F)c(C#Cc2ccc(-c3ccc(Cl)c(F)c3)c(F)c2)c(F)c1. The summed E-state index contributed by atoms with van der Waals surface area (Å²) >= 11 is 5.64. The molecule has 5 heteroatoms. The molecule has 3 aromatic carbocycles. The third-order valence-electron chi connectivity index (χ3n) is 4.45. The first-order valence-corrected chi connectivity index (χ1v) is 9.51. The molecular weight excluding hydrogens is 400 g/mol. The van der Waals surface area contributed by atoms with Gasteiger partial charge in [0.15, 0.2) is 0 Å². The van der Waals surface area contributed by atoms with Gasteiger partial charge in [-0.25, -0.2) is 17.6 Å². The minimum absolute atomic E-state index is 0.0542. The minimum atomic E-state index is -0.739. The van der Waals surface area contributed by atoms with Crippen molar-refractivity contribution in [1.82, 2.24) is 0 Å². The van der Waals surface area contributed by atoms with E-state index >= 15 is 0 Å². The monoisotopic (exact) mass is 416 g/mol. The van der Waals surface area contributed by atoms with Crippen molar-refractivity contribution in [3.05, 3.63) is 93.5 Å². The lowest BCUT2D eigenvalue weighted by atomic mass is 10.0. The second-order valence-electron chi connectivity index (χ2n) is 6.61. The highest BCUT2D eigenvalue weighted by Gasteiger charge is 2.10. The molecule has 0 fully saturated rings. The molecule has 29 heavy (non-hydrogen) atoms. The van der Waals surface area contributed by atoms with Crippen molar-refractivity contribution in [2.45, 2.75) is 26.2 Å². The van der Waals surface area contributed by atoms with Crippen molar-refractivity contribution in [2.75, 3.05) is 0 Å². The van der Waals surface area contributed by atoms with Crippen molar-refractivity contribution >= 4 is 11.6 Å². The Morgan fingerprint density at radius 2 is 1.52 bits per heavy atom. The van der Waals surface area contributed by atoms with E-state index in [1.807, 2.05) is 6.92 Å². The molecule has 0 aliphatic heterocycles. The Balaban J connectivity index is 1.88. The number of benzene rings is 3. The molecule has 148 valence electrons. The summed E-state index contributed by atoms with van der Waals surface area (Å²) in [4.78, 5) is 0. The Morgan fingerprint density at radius 1 is 0.793 bits per heavy atom. The first-order valence-electron chi connectivity index (χ1n) is 9.14.